The normalized spacial score (nSPS) is 11.3. The lowest BCUT2D eigenvalue weighted by molar-refractivity contribution is 0.414. The van der Waals surface area contributed by atoms with Crippen molar-refractivity contribution in [3.63, 3.8) is 0 Å². The number of aliphatic imine (C=N–C) groups is 1. The molecule has 0 aliphatic heterocycles. The van der Waals surface area contributed by atoms with Gasteiger partial charge in [-0.2, -0.15) is 0 Å². The Labute approximate surface area is 158 Å². The van der Waals surface area contributed by atoms with Gasteiger partial charge in [0.15, 0.2) is 0 Å². The predicted molar refractivity (Wildman–Crippen MR) is 111 cm³/mol. The molecule has 0 N–H and O–H groups in total. The van der Waals surface area contributed by atoms with Crippen molar-refractivity contribution in [2.45, 2.75) is 6.54 Å². The molecule has 4 rings (SSSR count). The van der Waals surface area contributed by atoms with Gasteiger partial charge in [0.05, 0.1) is 24.5 Å². The average Bonchev–Trinajstić information content (AvgIpc) is 3.12. The largest absolute Gasteiger partial charge is 0.496 e. The quantitative estimate of drug-likeness (QED) is 0.482. The minimum atomic E-state index is 0.803. The number of ether oxygens (including phenoxy) is 1. The molecule has 0 aliphatic carbocycles. The second-order valence-electron chi connectivity index (χ2n) is 6.40. The van der Waals surface area contributed by atoms with E-state index in [0.717, 1.165) is 34.5 Å². The number of hydrogen-bond donors (Lipinski definition) is 0. The summed E-state index contributed by atoms with van der Waals surface area (Å²) in [6.45, 7) is 0.803. The smallest absolute Gasteiger partial charge is 0.127 e. The van der Waals surface area contributed by atoms with E-state index in [9.17, 15) is 0 Å². The zero-order valence-corrected chi connectivity index (χ0v) is 15.5. The molecule has 0 saturated heterocycles. The fourth-order valence-electron chi connectivity index (χ4n) is 3.29. The Hall–Kier alpha value is -3.40. The molecular formula is C23H21N3O. The highest BCUT2D eigenvalue weighted by molar-refractivity contribution is 5.86. The summed E-state index contributed by atoms with van der Waals surface area (Å²) in [4.78, 5) is 8.58. The van der Waals surface area contributed by atoms with Gasteiger partial charge >= 0.3 is 0 Å². The average molecular weight is 355 g/mol. The Bertz CT molecular complexity index is 1090. The van der Waals surface area contributed by atoms with Crippen LogP contribution in [-0.2, 0) is 6.54 Å². The first kappa shape index (κ1) is 17.0. The van der Waals surface area contributed by atoms with E-state index >= 15 is 0 Å². The Morgan fingerprint density at radius 3 is 2.56 bits per heavy atom. The Balaban J connectivity index is 1.60. The second-order valence-corrected chi connectivity index (χ2v) is 6.40. The molecule has 0 bridgehead atoms. The Morgan fingerprint density at radius 1 is 1.00 bits per heavy atom. The molecule has 0 atom stereocenters. The highest BCUT2D eigenvalue weighted by atomic mass is 16.5. The summed E-state index contributed by atoms with van der Waals surface area (Å²) in [6.07, 6.45) is 3.72. The Kier molecular flexibility index (Phi) is 4.71. The van der Waals surface area contributed by atoms with E-state index in [1.807, 2.05) is 36.8 Å². The van der Waals surface area contributed by atoms with E-state index < -0.39 is 0 Å². The van der Waals surface area contributed by atoms with Crippen LogP contribution < -0.4 is 4.74 Å². The molecule has 0 unspecified atom stereocenters. The van der Waals surface area contributed by atoms with Gasteiger partial charge in [0.25, 0.3) is 0 Å². The maximum Gasteiger partial charge on any atom is 0.127 e. The first-order chi connectivity index (χ1) is 13.3. The summed E-state index contributed by atoms with van der Waals surface area (Å²) >= 11 is 0. The van der Waals surface area contributed by atoms with Crippen LogP contribution in [-0.4, -0.2) is 29.9 Å². The third-order valence-corrected chi connectivity index (χ3v) is 4.67. The number of imidazole rings is 1. The van der Waals surface area contributed by atoms with Crippen molar-refractivity contribution in [1.82, 2.24) is 9.55 Å². The molecule has 0 radical (unpaired) electrons. The zero-order chi connectivity index (χ0) is 18.6. The molecule has 134 valence electrons. The summed E-state index contributed by atoms with van der Waals surface area (Å²) in [5.41, 5.74) is 6.71. The van der Waals surface area contributed by atoms with Gasteiger partial charge in [-0.05, 0) is 41.0 Å². The van der Waals surface area contributed by atoms with E-state index in [1.165, 1.54) is 11.1 Å². The molecule has 0 fully saturated rings. The number of para-hydroxylation sites is 2. The zero-order valence-electron chi connectivity index (χ0n) is 15.5. The fourth-order valence-corrected chi connectivity index (χ4v) is 3.29. The summed E-state index contributed by atoms with van der Waals surface area (Å²) in [6, 6.07) is 23.0. The molecule has 0 saturated carbocycles. The summed E-state index contributed by atoms with van der Waals surface area (Å²) in [5.74, 6) is 0.827. The number of nitrogens with zero attached hydrogens (tertiary/aromatic N) is 3. The lowest BCUT2D eigenvalue weighted by atomic mass is 10.0. The molecule has 3 aromatic carbocycles. The molecule has 0 amide bonds. The fraction of sp³-hybridized carbons (Fsp3) is 0.130. The van der Waals surface area contributed by atoms with E-state index in [0.29, 0.717) is 0 Å². The predicted octanol–water partition coefficient (Wildman–Crippen LogP) is 4.81. The van der Waals surface area contributed by atoms with E-state index in [1.54, 1.807) is 14.2 Å². The maximum atomic E-state index is 5.40. The van der Waals surface area contributed by atoms with Crippen molar-refractivity contribution in [2.75, 3.05) is 14.2 Å². The summed E-state index contributed by atoms with van der Waals surface area (Å²) < 4.78 is 7.58. The van der Waals surface area contributed by atoms with Gasteiger partial charge in [-0.3, -0.25) is 4.99 Å². The molecule has 27 heavy (non-hydrogen) atoms. The number of fused-ring (bicyclic) bond motifs is 1. The number of benzene rings is 3. The van der Waals surface area contributed by atoms with Crippen molar-refractivity contribution < 1.29 is 4.74 Å². The number of rotatable bonds is 5. The number of methoxy groups -OCH3 is 1. The van der Waals surface area contributed by atoms with Crippen LogP contribution in [0.4, 0.5) is 0 Å². The van der Waals surface area contributed by atoms with Gasteiger partial charge in [0.1, 0.15) is 5.75 Å². The highest BCUT2D eigenvalue weighted by Crippen LogP contribution is 2.26. The monoisotopic (exact) mass is 355 g/mol. The number of aromatic nitrogens is 2. The van der Waals surface area contributed by atoms with E-state index in [2.05, 4.69) is 57.0 Å². The van der Waals surface area contributed by atoms with Crippen molar-refractivity contribution >= 4 is 17.2 Å². The lowest BCUT2D eigenvalue weighted by Gasteiger charge is -2.09. The third kappa shape index (κ3) is 3.47. The van der Waals surface area contributed by atoms with Crippen molar-refractivity contribution in [3.05, 3.63) is 84.2 Å². The Morgan fingerprint density at radius 2 is 1.78 bits per heavy atom. The van der Waals surface area contributed by atoms with Gasteiger partial charge in [0.2, 0.25) is 0 Å². The van der Waals surface area contributed by atoms with Gasteiger partial charge in [0, 0.05) is 25.4 Å². The molecule has 4 nitrogen and oxygen atoms in total. The van der Waals surface area contributed by atoms with Crippen molar-refractivity contribution in [1.29, 1.82) is 0 Å². The van der Waals surface area contributed by atoms with Crippen LogP contribution in [0.2, 0.25) is 0 Å². The SMILES string of the molecule is C/N=C/c1cc(-c2ccc(Cn3cnc4ccccc43)cc2)ccc1OC. The second kappa shape index (κ2) is 7.46. The topological polar surface area (TPSA) is 39.4 Å². The van der Waals surface area contributed by atoms with Crippen LogP contribution >= 0.6 is 0 Å². The molecule has 4 aromatic rings. The van der Waals surface area contributed by atoms with Crippen LogP contribution in [0.25, 0.3) is 22.2 Å². The van der Waals surface area contributed by atoms with Crippen LogP contribution in [0.5, 0.6) is 5.75 Å². The minimum Gasteiger partial charge on any atom is -0.496 e. The number of hydrogen-bond acceptors (Lipinski definition) is 3. The summed E-state index contributed by atoms with van der Waals surface area (Å²) in [7, 11) is 3.44. The van der Waals surface area contributed by atoms with E-state index in [4.69, 9.17) is 4.74 Å². The molecule has 0 spiro atoms. The summed E-state index contributed by atoms with van der Waals surface area (Å²) in [5, 5.41) is 0. The van der Waals surface area contributed by atoms with Gasteiger partial charge in [-0.15, -0.1) is 0 Å². The van der Waals surface area contributed by atoms with Crippen LogP contribution in [0.1, 0.15) is 11.1 Å². The van der Waals surface area contributed by atoms with Crippen LogP contribution in [0.15, 0.2) is 78.0 Å². The first-order valence-corrected chi connectivity index (χ1v) is 8.88. The lowest BCUT2D eigenvalue weighted by Crippen LogP contribution is -1.97. The van der Waals surface area contributed by atoms with Crippen molar-refractivity contribution in [3.8, 4) is 16.9 Å². The standard InChI is InChI=1S/C23H21N3O/c1-24-14-20-13-19(11-12-23(20)27-2)18-9-7-17(8-10-18)15-26-16-25-21-5-3-4-6-22(21)26/h3-14,16H,15H2,1-2H3/b24-14+. The molecule has 4 heteroatoms. The minimum absolute atomic E-state index is 0.803. The van der Waals surface area contributed by atoms with Crippen molar-refractivity contribution in [2.24, 2.45) is 4.99 Å². The molecular weight excluding hydrogens is 334 g/mol. The first-order valence-electron chi connectivity index (χ1n) is 8.88. The third-order valence-electron chi connectivity index (χ3n) is 4.67. The maximum absolute atomic E-state index is 5.40. The molecule has 1 aromatic heterocycles. The van der Waals surface area contributed by atoms with Crippen LogP contribution in [0.3, 0.4) is 0 Å². The highest BCUT2D eigenvalue weighted by Gasteiger charge is 2.06. The van der Waals surface area contributed by atoms with Gasteiger partial charge in [-0.1, -0.05) is 42.5 Å². The molecule has 0 aliphatic rings. The van der Waals surface area contributed by atoms with E-state index in [-0.39, 0.29) is 0 Å². The van der Waals surface area contributed by atoms with Gasteiger partial charge < -0.3 is 9.30 Å². The van der Waals surface area contributed by atoms with Crippen LogP contribution in [0, 0.1) is 0 Å². The molecule has 1 heterocycles. The van der Waals surface area contributed by atoms with Gasteiger partial charge in [-0.25, -0.2) is 4.98 Å².